The van der Waals surface area contributed by atoms with Crippen molar-refractivity contribution >= 4 is 35.3 Å². The summed E-state index contributed by atoms with van der Waals surface area (Å²) in [6.07, 6.45) is 7.71. The van der Waals surface area contributed by atoms with Crippen molar-refractivity contribution < 1.29 is 14.3 Å². The number of rotatable bonds is 6. The predicted octanol–water partition coefficient (Wildman–Crippen LogP) is 5.27. The van der Waals surface area contributed by atoms with Crippen molar-refractivity contribution in [1.29, 1.82) is 0 Å². The van der Waals surface area contributed by atoms with E-state index >= 15 is 0 Å². The number of benzene rings is 2. The van der Waals surface area contributed by atoms with Crippen molar-refractivity contribution in [3.63, 3.8) is 0 Å². The monoisotopic (exact) mass is 449 g/mol. The van der Waals surface area contributed by atoms with Gasteiger partial charge in [0, 0.05) is 35.9 Å². The largest absolute Gasteiger partial charge is 0.478 e. The Morgan fingerprint density at radius 3 is 2.78 bits per heavy atom. The lowest BCUT2D eigenvalue weighted by Crippen LogP contribution is -2.06. The molecule has 0 aliphatic carbocycles. The number of aryl methyl sites for hydroxylation is 1. The second kappa shape index (κ2) is 8.99. The van der Waals surface area contributed by atoms with E-state index in [1.165, 1.54) is 18.2 Å². The summed E-state index contributed by atoms with van der Waals surface area (Å²) >= 11 is 5.87. The highest BCUT2D eigenvalue weighted by molar-refractivity contribution is 6.31. The number of hydrogen-bond donors (Lipinski definition) is 2. The highest BCUT2D eigenvalue weighted by atomic mass is 35.5. The van der Waals surface area contributed by atoms with Gasteiger partial charge in [0.05, 0.1) is 5.02 Å². The standard InChI is InChI=1S/C23H17ClFN5O2/c1-14-26-9-10-30(14)22-18(16-4-2-3-15(11-16)5-8-21(31)32)13-27-23(29-22)28-17-6-7-20(25)19(24)12-17/h2-13H,1H3,(H,31,32)(H,27,28,29). The van der Waals surface area contributed by atoms with Crippen LogP contribution in [0.5, 0.6) is 0 Å². The van der Waals surface area contributed by atoms with Crippen molar-refractivity contribution in [3.8, 4) is 16.9 Å². The average Bonchev–Trinajstić information content (AvgIpc) is 3.21. The maximum atomic E-state index is 13.5. The molecule has 0 fully saturated rings. The third-order valence-corrected chi connectivity index (χ3v) is 4.90. The minimum Gasteiger partial charge on any atom is -0.478 e. The lowest BCUT2D eigenvalue weighted by Gasteiger charge is -2.14. The molecular formula is C23H17ClFN5O2. The van der Waals surface area contributed by atoms with E-state index in [-0.39, 0.29) is 5.02 Å². The van der Waals surface area contributed by atoms with E-state index in [1.807, 2.05) is 29.7 Å². The summed E-state index contributed by atoms with van der Waals surface area (Å²) in [4.78, 5) is 24.2. The fraction of sp³-hybridized carbons (Fsp3) is 0.0435. The van der Waals surface area contributed by atoms with Crippen molar-refractivity contribution in [3.05, 3.63) is 89.4 Å². The van der Waals surface area contributed by atoms with Crippen LogP contribution in [0.3, 0.4) is 0 Å². The van der Waals surface area contributed by atoms with E-state index < -0.39 is 11.8 Å². The molecule has 0 bridgehead atoms. The lowest BCUT2D eigenvalue weighted by molar-refractivity contribution is -0.131. The van der Waals surface area contributed by atoms with E-state index in [4.69, 9.17) is 16.7 Å². The zero-order valence-electron chi connectivity index (χ0n) is 16.8. The Morgan fingerprint density at radius 2 is 2.06 bits per heavy atom. The first kappa shape index (κ1) is 21.2. The number of carboxylic acid groups (broad SMARTS) is 1. The van der Waals surface area contributed by atoms with Crippen LogP contribution in [0.4, 0.5) is 16.0 Å². The number of anilines is 2. The van der Waals surface area contributed by atoms with Crippen LogP contribution in [-0.2, 0) is 4.79 Å². The van der Waals surface area contributed by atoms with Gasteiger partial charge in [0.1, 0.15) is 11.6 Å². The molecule has 0 radical (unpaired) electrons. The molecule has 0 aliphatic rings. The molecule has 4 aromatic rings. The van der Waals surface area contributed by atoms with E-state index in [9.17, 15) is 9.18 Å². The predicted molar refractivity (Wildman–Crippen MR) is 121 cm³/mol. The number of hydrogen-bond acceptors (Lipinski definition) is 5. The van der Waals surface area contributed by atoms with Gasteiger partial charge in [-0.3, -0.25) is 4.57 Å². The zero-order chi connectivity index (χ0) is 22.7. The molecule has 0 amide bonds. The number of aromatic nitrogens is 4. The first-order chi connectivity index (χ1) is 15.4. The highest BCUT2D eigenvalue weighted by Crippen LogP contribution is 2.29. The average molecular weight is 450 g/mol. The molecular weight excluding hydrogens is 433 g/mol. The van der Waals surface area contributed by atoms with E-state index in [1.54, 1.807) is 30.7 Å². The second-order valence-electron chi connectivity index (χ2n) is 6.83. The van der Waals surface area contributed by atoms with Gasteiger partial charge in [0.25, 0.3) is 0 Å². The van der Waals surface area contributed by atoms with Crippen LogP contribution in [0.25, 0.3) is 23.0 Å². The Hall–Kier alpha value is -4.04. The summed E-state index contributed by atoms with van der Waals surface area (Å²) in [5, 5.41) is 11.9. The fourth-order valence-corrected chi connectivity index (χ4v) is 3.28. The summed E-state index contributed by atoms with van der Waals surface area (Å²) in [5.41, 5.74) is 2.79. The van der Waals surface area contributed by atoms with Crippen LogP contribution in [0.15, 0.2) is 67.1 Å². The Morgan fingerprint density at radius 1 is 1.22 bits per heavy atom. The molecule has 32 heavy (non-hydrogen) atoms. The molecule has 0 saturated heterocycles. The molecule has 0 spiro atoms. The summed E-state index contributed by atoms with van der Waals surface area (Å²) in [5.74, 6) is 0.0546. The Kier molecular flexibility index (Phi) is 5.96. The lowest BCUT2D eigenvalue weighted by atomic mass is 10.0. The van der Waals surface area contributed by atoms with Crippen molar-refractivity contribution in [2.24, 2.45) is 0 Å². The molecule has 2 N–H and O–H groups in total. The van der Waals surface area contributed by atoms with E-state index in [0.29, 0.717) is 17.5 Å². The maximum Gasteiger partial charge on any atom is 0.328 e. The minimum atomic E-state index is -1.02. The van der Waals surface area contributed by atoms with Gasteiger partial charge in [-0.25, -0.2) is 19.2 Å². The summed E-state index contributed by atoms with van der Waals surface area (Å²) in [7, 11) is 0. The Labute approximate surface area is 187 Å². The smallest absolute Gasteiger partial charge is 0.328 e. The second-order valence-corrected chi connectivity index (χ2v) is 7.23. The van der Waals surface area contributed by atoms with E-state index in [0.717, 1.165) is 28.6 Å². The number of nitrogens with zero attached hydrogens (tertiary/aromatic N) is 4. The van der Waals surface area contributed by atoms with Crippen LogP contribution < -0.4 is 5.32 Å². The molecule has 0 saturated carbocycles. The van der Waals surface area contributed by atoms with Gasteiger partial charge in [0.15, 0.2) is 5.82 Å². The van der Waals surface area contributed by atoms with Crippen molar-refractivity contribution in [2.45, 2.75) is 6.92 Å². The first-order valence-electron chi connectivity index (χ1n) is 9.51. The fourth-order valence-electron chi connectivity index (χ4n) is 3.10. The van der Waals surface area contributed by atoms with Gasteiger partial charge in [0.2, 0.25) is 5.95 Å². The number of imidazole rings is 1. The van der Waals surface area contributed by atoms with Crippen LogP contribution in [0, 0.1) is 12.7 Å². The van der Waals surface area contributed by atoms with Gasteiger partial charge in [-0.2, -0.15) is 4.98 Å². The van der Waals surface area contributed by atoms with E-state index in [2.05, 4.69) is 20.3 Å². The van der Waals surface area contributed by atoms with Crippen LogP contribution in [0.2, 0.25) is 5.02 Å². The zero-order valence-corrected chi connectivity index (χ0v) is 17.6. The molecule has 0 atom stereocenters. The normalized spacial score (nSPS) is 11.1. The molecule has 7 nitrogen and oxygen atoms in total. The third kappa shape index (κ3) is 4.65. The topological polar surface area (TPSA) is 92.9 Å². The molecule has 160 valence electrons. The molecule has 0 unspecified atom stereocenters. The first-order valence-corrected chi connectivity index (χ1v) is 9.89. The molecule has 2 heterocycles. The summed E-state index contributed by atoms with van der Waals surface area (Å²) < 4.78 is 15.3. The molecule has 2 aromatic heterocycles. The third-order valence-electron chi connectivity index (χ3n) is 4.61. The maximum absolute atomic E-state index is 13.5. The van der Waals surface area contributed by atoms with Crippen LogP contribution in [-0.4, -0.2) is 30.6 Å². The number of aliphatic carboxylic acids is 1. The SMILES string of the molecule is Cc1nccn1-c1nc(Nc2ccc(F)c(Cl)c2)ncc1-c1cccc(C=CC(=O)O)c1. The molecule has 4 rings (SSSR count). The van der Waals surface area contributed by atoms with Crippen molar-refractivity contribution in [2.75, 3.05) is 5.32 Å². The Balaban J connectivity index is 1.78. The number of carbonyl (C=O) groups is 1. The van der Waals surface area contributed by atoms with Crippen molar-refractivity contribution in [1.82, 2.24) is 19.5 Å². The molecule has 2 aromatic carbocycles. The highest BCUT2D eigenvalue weighted by Gasteiger charge is 2.14. The number of halogens is 2. The van der Waals surface area contributed by atoms with Crippen LogP contribution >= 0.6 is 11.6 Å². The summed E-state index contributed by atoms with van der Waals surface area (Å²) in [6, 6.07) is 11.6. The van der Waals surface area contributed by atoms with Gasteiger partial charge < -0.3 is 10.4 Å². The van der Waals surface area contributed by atoms with Crippen LogP contribution in [0.1, 0.15) is 11.4 Å². The number of carboxylic acids is 1. The van der Waals surface area contributed by atoms with Gasteiger partial charge in [-0.15, -0.1) is 0 Å². The Bertz CT molecular complexity index is 1340. The molecule has 0 aliphatic heterocycles. The number of nitrogens with one attached hydrogen (secondary N) is 1. The summed E-state index contributed by atoms with van der Waals surface area (Å²) in [6.45, 7) is 1.85. The van der Waals surface area contributed by atoms with Gasteiger partial charge in [-0.1, -0.05) is 29.8 Å². The minimum absolute atomic E-state index is 0.0106. The quantitative estimate of drug-likeness (QED) is 0.389. The van der Waals surface area contributed by atoms with Gasteiger partial charge >= 0.3 is 5.97 Å². The molecule has 9 heteroatoms. The van der Waals surface area contributed by atoms with Gasteiger partial charge in [-0.05, 0) is 48.4 Å².